The second kappa shape index (κ2) is 6.95. The molecule has 2 aromatic heterocycles. The Bertz CT molecular complexity index is 1350. The molecule has 4 aromatic rings. The summed E-state index contributed by atoms with van der Waals surface area (Å²) in [5.41, 5.74) is 2.88. The summed E-state index contributed by atoms with van der Waals surface area (Å²) in [7, 11) is 14.2. The van der Waals surface area contributed by atoms with E-state index in [0.717, 1.165) is 16.5 Å². The van der Waals surface area contributed by atoms with Crippen molar-refractivity contribution in [2.24, 2.45) is 7.05 Å². The number of halogens is 2. The lowest BCUT2D eigenvalue weighted by Gasteiger charge is -2.33. The van der Waals surface area contributed by atoms with Crippen molar-refractivity contribution in [3.05, 3.63) is 82.5 Å². The van der Waals surface area contributed by atoms with Crippen molar-refractivity contribution in [2.45, 2.75) is 11.9 Å². The van der Waals surface area contributed by atoms with E-state index in [1.165, 1.54) is 17.2 Å². The van der Waals surface area contributed by atoms with Gasteiger partial charge in [0.05, 0.1) is 32.5 Å². The van der Waals surface area contributed by atoms with Crippen molar-refractivity contribution in [2.75, 3.05) is 0 Å². The van der Waals surface area contributed by atoms with Crippen molar-refractivity contribution < 1.29 is 9.18 Å². The highest BCUT2D eigenvalue weighted by atomic mass is 35.5. The summed E-state index contributed by atoms with van der Waals surface area (Å²) in [4.78, 5) is 18.1. The maximum absolute atomic E-state index is 15.2. The van der Waals surface area contributed by atoms with Gasteiger partial charge in [0, 0.05) is 47.3 Å². The Kier molecular flexibility index (Phi) is 4.45. The first-order valence-corrected chi connectivity index (χ1v) is 9.91. The highest BCUT2D eigenvalue weighted by Crippen LogP contribution is 2.37. The van der Waals surface area contributed by atoms with Crippen LogP contribution in [0.25, 0.3) is 22.0 Å². The minimum Gasteiger partial charge on any atom is -0.340 e. The van der Waals surface area contributed by atoms with E-state index in [2.05, 4.69) is 10.1 Å². The molecule has 0 N–H and O–H groups in total. The second-order valence-electron chi connectivity index (χ2n) is 7.58. The second-order valence-corrected chi connectivity index (χ2v) is 7.98. The molecule has 9 heteroatoms. The molecule has 0 unspecified atom stereocenters. The molecule has 2 aromatic carbocycles. The molecule has 1 aliphatic rings. The van der Waals surface area contributed by atoms with Gasteiger partial charge in [-0.1, -0.05) is 23.7 Å². The van der Waals surface area contributed by atoms with E-state index in [1.807, 2.05) is 31.4 Å². The molecule has 0 saturated carbocycles. The van der Waals surface area contributed by atoms with Gasteiger partial charge in [-0.15, -0.1) is 0 Å². The first-order chi connectivity index (χ1) is 14.8. The first kappa shape index (κ1) is 19.8. The molecular weight excluding hydrogens is 412 g/mol. The summed E-state index contributed by atoms with van der Waals surface area (Å²) in [6.45, 7) is -0.190. The van der Waals surface area contributed by atoms with Gasteiger partial charge in [-0.3, -0.25) is 14.5 Å². The highest BCUT2D eigenvalue weighted by Gasteiger charge is 2.43. The lowest BCUT2D eigenvalue weighted by Crippen LogP contribution is -2.44. The fourth-order valence-corrected chi connectivity index (χ4v) is 4.29. The number of pyridine rings is 1. The van der Waals surface area contributed by atoms with Crippen LogP contribution in [0.1, 0.15) is 21.6 Å². The Morgan fingerprint density at radius 2 is 1.94 bits per heavy atom. The van der Waals surface area contributed by atoms with Gasteiger partial charge < -0.3 is 4.90 Å². The molecule has 31 heavy (non-hydrogen) atoms. The Labute approximate surface area is 185 Å². The van der Waals surface area contributed by atoms with Crippen molar-refractivity contribution in [3.8, 4) is 11.1 Å². The summed E-state index contributed by atoms with van der Waals surface area (Å²) in [5, 5.41) is 3.77. The fraction of sp³-hybridized carbons (Fsp3) is 0.136. The molecular formula is C22H14B2ClFN4O. The maximum atomic E-state index is 15.2. The molecule has 148 valence electrons. The van der Waals surface area contributed by atoms with Crippen LogP contribution in [0.5, 0.6) is 0 Å². The van der Waals surface area contributed by atoms with Crippen LogP contribution < -0.4 is 0 Å². The van der Waals surface area contributed by atoms with Gasteiger partial charge in [-0.25, -0.2) is 4.39 Å². The van der Waals surface area contributed by atoms with Gasteiger partial charge in [-0.2, -0.15) is 5.10 Å². The first-order valence-electron chi connectivity index (χ1n) is 9.53. The van der Waals surface area contributed by atoms with Crippen LogP contribution in [0, 0.1) is 5.82 Å². The molecule has 0 fully saturated rings. The Hall–Kier alpha value is -3.12. The van der Waals surface area contributed by atoms with Crippen molar-refractivity contribution in [1.82, 2.24) is 19.7 Å². The molecule has 4 radical (unpaired) electrons. The zero-order valence-electron chi connectivity index (χ0n) is 16.5. The lowest BCUT2D eigenvalue weighted by atomic mass is 9.59. The van der Waals surface area contributed by atoms with Crippen molar-refractivity contribution >= 4 is 44.1 Å². The van der Waals surface area contributed by atoms with E-state index in [9.17, 15) is 4.79 Å². The minimum atomic E-state index is -1.66. The molecule has 0 atom stereocenters. The van der Waals surface area contributed by atoms with Crippen LogP contribution in [0.3, 0.4) is 0 Å². The summed E-state index contributed by atoms with van der Waals surface area (Å²) >= 11 is 6.48. The third kappa shape index (κ3) is 3.05. The van der Waals surface area contributed by atoms with Crippen LogP contribution >= 0.6 is 11.6 Å². The predicted octanol–water partition coefficient (Wildman–Crippen LogP) is 3.53. The van der Waals surface area contributed by atoms with E-state index in [4.69, 9.17) is 27.3 Å². The average molecular weight is 426 g/mol. The number of carbonyl (C=O) groups is 1. The van der Waals surface area contributed by atoms with Gasteiger partial charge >= 0.3 is 0 Å². The SMILES string of the molecule is [B]C1([B])c2ncccc2C(=O)N1Cc1c(F)cc(-c2cccc3nn(C)cc23)cc1Cl. The van der Waals surface area contributed by atoms with Crippen LogP contribution in [-0.2, 0) is 18.9 Å². The number of nitrogens with zero attached hydrogens (tertiary/aromatic N) is 4. The monoisotopic (exact) mass is 426 g/mol. The van der Waals surface area contributed by atoms with E-state index in [-0.39, 0.29) is 22.8 Å². The third-order valence-electron chi connectivity index (χ3n) is 5.54. The zero-order valence-corrected chi connectivity index (χ0v) is 17.3. The molecule has 0 spiro atoms. The topological polar surface area (TPSA) is 51.0 Å². The third-order valence-corrected chi connectivity index (χ3v) is 5.88. The highest BCUT2D eigenvalue weighted by molar-refractivity contribution is 6.42. The van der Waals surface area contributed by atoms with Gasteiger partial charge in [0.15, 0.2) is 0 Å². The van der Waals surface area contributed by atoms with E-state index < -0.39 is 17.1 Å². The van der Waals surface area contributed by atoms with Gasteiger partial charge in [0.1, 0.15) is 5.82 Å². The van der Waals surface area contributed by atoms with Gasteiger partial charge in [-0.05, 0) is 41.5 Å². The number of aryl methyl sites for hydroxylation is 1. The van der Waals surface area contributed by atoms with E-state index >= 15 is 4.39 Å². The number of carbonyl (C=O) groups excluding carboxylic acids is 1. The maximum Gasteiger partial charge on any atom is 0.255 e. The molecule has 0 aliphatic carbocycles. The smallest absolute Gasteiger partial charge is 0.255 e. The van der Waals surface area contributed by atoms with Crippen LogP contribution in [0.4, 0.5) is 4.39 Å². The number of rotatable bonds is 3. The van der Waals surface area contributed by atoms with Crippen molar-refractivity contribution in [1.29, 1.82) is 0 Å². The van der Waals surface area contributed by atoms with Gasteiger partial charge in [0.2, 0.25) is 0 Å². The van der Waals surface area contributed by atoms with Crippen LogP contribution in [-0.4, -0.2) is 41.3 Å². The largest absolute Gasteiger partial charge is 0.340 e. The molecule has 1 amide bonds. The van der Waals surface area contributed by atoms with Crippen LogP contribution in [0.15, 0.2) is 54.9 Å². The number of fused-ring (bicyclic) bond motifs is 2. The number of amides is 1. The lowest BCUT2D eigenvalue weighted by molar-refractivity contribution is 0.0729. The van der Waals surface area contributed by atoms with Crippen molar-refractivity contribution in [3.63, 3.8) is 0 Å². The predicted molar refractivity (Wildman–Crippen MR) is 118 cm³/mol. The molecule has 1 aliphatic heterocycles. The molecule has 0 bridgehead atoms. The molecule has 3 heterocycles. The fourth-order valence-electron chi connectivity index (χ4n) is 4.02. The summed E-state index contributed by atoms with van der Waals surface area (Å²) in [5.74, 6) is -0.983. The normalized spacial score (nSPS) is 14.9. The molecule has 5 nitrogen and oxygen atoms in total. The van der Waals surface area contributed by atoms with Crippen LogP contribution in [0.2, 0.25) is 5.02 Å². The quantitative estimate of drug-likeness (QED) is 0.471. The average Bonchev–Trinajstić information content (AvgIpc) is 3.20. The summed E-state index contributed by atoms with van der Waals surface area (Å²) in [6.07, 6.45) is 3.38. The summed E-state index contributed by atoms with van der Waals surface area (Å²) < 4.78 is 16.9. The number of benzene rings is 2. The Balaban J connectivity index is 1.55. The Morgan fingerprint density at radius 3 is 2.68 bits per heavy atom. The Morgan fingerprint density at radius 1 is 1.16 bits per heavy atom. The molecule has 5 rings (SSSR count). The number of hydrogen-bond donors (Lipinski definition) is 0. The van der Waals surface area contributed by atoms with E-state index in [1.54, 1.807) is 22.9 Å². The minimum absolute atomic E-state index is 0.130. The summed E-state index contributed by atoms with van der Waals surface area (Å²) in [6, 6.07) is 11.9. The molecule has 0 saturated heterocycles. The number of hydrogen-bond acceptors (Lipinski definition) is 3. The number of aromatic nitrogens is 3. The standard InChI is InChI=1S/C22H14B2ClFN4O/c1-29-10-15-13(4-2-6-19(15)28-29)12-8-17(25)16(18(26)9-12)11-30-21(31)14-5-3-7-27-20(14)22(30,23)24/h2-10H,11H2,1H3. The zero-order chi connectivity index (χ0) is 21.9. The van der Waals surface area contributed by atoms with Gasteiger partial charge in [0.25, 0.3) is 5.91 Å². The van der Waals surface area contributed by atoms with E-state index in [0.29, 0.717) is 11.1 Å².